The molecular formula is C14H12N2. The van der Waals surface area contributed by atoms with Crippen molar-refractivity contribution < 1.29 is 0 Å². The topological polar surface area (TPSA) is 17.3 Å². The molecule has 0 saturated heterocycles. The van der Waals surface area contributed by atoms with Gasteiger partial charge in [-0.05, 0) is 30.2 Å². The molecule has 0 amide bonds. The van der Waals surface area contributed by atoms with Crippen LogP contribution in [0.25, 0.3) is 16.6 Å². The molecule has 0 aliphatic rings. The molecule has 78 valence electrons. The van der Waals surface area contributed by atoms with Gasteiger partial charge in [0.05, 0.1) is 11.7 Å². The van der Waals surface area contributed by atoms with E-state index in [1.165, 1.54) is 16.7 Å². The second kappa shape index (κ2) is 3.49. The minimum Gasteiger partial charge on any atom is -0.240 e. The number of hydrogen-bond acceptors (Lipinski definition) is 1. The Morgan fingerprint density at radius 2 is 1.75 bits per heavy atom. The van der Waals surface area contributed by atoms with Crippen LogP contribution in [0.15, 0.2) is 54.9 Å². The molecule has 3 aromatic rings. The van der Waals surface area contributed by atoms with Gasteiger partial charge in [-0.15, -0.1) is 0 Å². The minimum atomic E-state index is 1.15. The fourth-order valence-electron chi connectivity index (χ4n) is 2.02. The molecule has 2 nitrogen and oxygen atoms in total. The Bertz CT molecular complexity index is 638. The predicted molar refractivity (Wildman–Crippen MR) is 65.4 cm³/mol. The number of aromatic nitrogens is 2. The SMILES string of the molecule is Cc1ccccc1-c1cnn2ccccc12. The first-order valence-corrected chi connectivity index (χ1v) is 5.34. The van der Waals surface area contributed by atoms with Gasteiger partial charge < -0.3 is 0 Å². The van der Waals surface area contributed by atoms with Crippen LogP contribution in [-0.4, -0.2) is 9.61 Å². The van der Waals surface area contributed by atoms with Gasteiger partial charge >= 0.3 is 0 Å². The summed E-state index contributed by atoms with van der Waals surface area (Å²) in [6, 6.07) is 14.5. The number of aryl methyl sites for hydroxylation is 1. The summed E-state index contributed by atoms with van der Waals surface area (Å²) in [6.45, 7) is 2.13. The molecule has 0 aliphatic carbocycles. The average Bonchev–Trinajstić information content (AvgIpc) is 2.74. The third-order valence-electron chi connectivity index (χ3n) is 2.86. The van der Waals surface area contributed by atoms with Crippen molar-refractivity contribution in [2.24, 2.45) is 0 Å². The highest BCUT2D eigenvalue weighted by atomic mass is 15.2. The van der Waals surface area contributed by atoms with Crippen molar-refractivity contribution in [1.82, 2.24) is 9.61 Å². The quantitative estimate of drug-likeness (QED) is 0.599. The highest BCUT2D eigenvalue weighted by Gasteiger charge is 2.07. The van der Waals surface area contributed by atoms with Gasteiger partial charge in [0.15, 0.2) is 0 Å². The van der Waals surface area contributed by atoms with Gasteiger partial charge in [0, 0.05) is 11.8 Å². The average molecular weight is 208 g/mol. The summed E-state index contributed by atoms with van der Waals surface area (Å²) < 4.78 is 1.90. The zero-order chi connectivity index (χ0) is 11.0. The molecule has 0 unspecified atom stereocenters. The van der Waals surface area contributed by atoms with E-state index in [9.17, 15) is 0 Å². The van der Waals surface area contributed by atoms with Gasteiger partial charge in [0.2, 0.25) is 0 Å². The molecule has 0 radical (unpaired) electrons. The molecule has 0 fully saturated rings. The third-order valence-corrected chi connectivity index (χ3v) is 2.86. The maximum Gasteiger partial charge on any atom is 0.0740 e. The number of fused-ring (bicyclic) bond motifs is 1. The summed E-state index contributed by atoms with van der Waals surface area (Å²) in [6.07, 6.45) is 3.90. The minimum absolute atomic E-state index is 1.15. The molecule has 2 aromatic heterocycles. The lowest BCUT2D eigenvalue weighted by Crippen LogP contribution is -1.84. The monoisotopic (exact) mass is 208 g/mol. The smallest absolute Gasteiger partial charge is 0.0740 e. The molecule has 0 aliphatic heterocycles. The van der Waals surface area contributed by atoms with E-state index < -0.39 is 0 Å². The van der Waals surface area contributed by atoms with Crippen LogP contribution in [0.1, 0.15) is 5.56 Å². The molecule has 0 N–H and O–H groups in total. The molecule has 1 aromatic carbocycles. The van der Waals surface area contributed by atoms with Gasteiger partial charge in [-0.2, -0.15) is 5.10 Å². The number of rotatable bonds is 1. The maximum absolute atomic E-state index is 4.35. The Balaban J connectivity index is 2.31. The Kier molecular flexibility index (Phi) is 2.00. The summed E-state index contributed by atoms with van der Waals surface area (Å²) in [5.74, 6) is 0. The first kappa shape index (κ1) is 9.16. The van der Waals surface area contributed by atoms with Crippen LogP contribution in [0, 0.1) is 6.92 Å². The van der Waals surface area contributed by atoms with Crippen LogP contribution in [0.4, 0.5) is 0 Å². The normalized spacial score (nSPS) is 10.8. The van der Waals surface area contributed by atoms with Crippen LogP contribution in [0.3, 0.4) is 0 Å². The Morgan fingerprint density at radius 1 is 0.938 bits per heavy atom. The summed E-state index contributed by atoms with van der Waals surface area (Å²) in [5.41, 5.74) is 4.88. The van der Waals surface area contributed by atoms with E-state index in [4.69, 9.17) is 0 Å². The molecule has 2 heterocycles. The maximum atomic E-state index is 4.35. The fourth-order valence-corrected chi connectivity index (χ4v) is 2.02. The van der Waals surface area contributed by atoms with Crippen molar-refractivity contribution in [3.63, 3.8) is 0 Å². The Labute approximate surface area is 94.2 Å². The second-order valence-electron chi connectivity index (χ2n) is 3.90. The van der Waals surface area contributed by atoms with Crippen molar-refractivity contribution in [3.05, 3.63) is 60.4 Å². The Hall–Kier alpha value is -2.09. The molecule has 0 saturated carbocycles. The van der Waals surface area contributed by atoms with Crippen molar-refractivity contribution >= 4 is 5.52 Å². The van der Waals surface area contributed by atoms with E-state index in [1.807, 2.05) is 29.0 Å². The van der Waals surface area contributed by atoms with E-state index in [0.29, 0.717) is 0 Å². The number of benzene rings is 1. The summed E-state index contributed by atoms with van der Waals surface area (Å²) in [5, 5.41) is 4.35. The van der Waals surface area contributed by atoms with Crippen LogP contribution in [0.5, 0.6) is 0 Å². The van der Waals surface area contributed by atoms with Gasteiger partial charge in [0.1, 0.15) is 0 Å². The lowest BCUT2D eigenvalue weighted by molar-refractivity contribution is 0.961. The van der Waals surface area contributed by atoms with E-state index in [-0.39, 0.29) is 0 Å². The van der Waals surface area contributed by atoms with Crippen molar-refractivity contribution in [3.8, 4) is 11.1 Å². The van der Waals surface area contributed by atoms with Gasteiger partial charge in [-0.25, -0.2) is 4.52 Å². The fraction of sp³-hybridized carbons (Fsp3) is 0.0714. The first-order chi connectivity index (χ1) is 7.86. The zero-order valence-electron chi connectivity index (χ0n) is 9.09. The van der Waals surface area contributed by atoms with Gasteiger partial charge in [0.25, 0.3) is 0 Å². The highest BCUT2D eigenvalue weighted by Crippen LogP contribution is 2.26. The van der Waals surface area contributed by atoms with E-state index in [0.717, 1.165) is 5.52 Å². The number of pyridine rings is 1. The molecule has 16 heavy (non-hydrogen) atoms. The van der Waals surface area contributed by atoms with Gasteiger partial charge in [-0.3, -0.25) is 0 Å². The zero-order valence-corrected chi connectivity index (χ0v) is 9.09. The molecular weight excluding hydrogens is 196 g/mol. The van der Waals surface area contributed by atoms with E-state index >= 15 is 0 Å². The molecule has 0 bridgehead atoms. The second-order valence-corrected chi connectivity index (χ2v) is 3.90. The van der Waals surface area contributed by atoms with Gasteiger partial charge in [-0.1, -0.05) is 30.3 Å². The molecule has 0 spiro atoms. The lowest BCUT2D eigenvalue weighted by atomic mass is 10.0. The molecule has 2 heteroatoms. The third kappa shape index (κ3) is 1.31. The molecule has 0 atom stereocenters. The van der Waals surface area contributed by atoms with E-state index in [2.05, 4.69) is 42.4 Å². The largest absolute Gasteiger partial charge is 0.240 e. The van der Waals surface area contributed by atoms with Crippen LogP contribution in [0.2, 0.25) is 0 Å². The first-order valence-electron chi connectivity index (χ1n) is 5.34. The van der Waals surface area contributed by atoms with E-state index in [1.54, 1.807) is 0 Å². The van der Waals surface area contributed by atoms with Crippen molar-refractivity contribution in [2.45, 2.75) is 6.92 Å². The van der Waals surface area contributed by atoms with Crippen LogP contribution < -0.4 is 0 Å². The molecule has 3 rings (SSSR count). The lowest BCUT2D eigenvalue weighted by Gasteiger charge is -2.03. The highest BCUT2D eigenvalue weighted by molar-refractivity contribution is 5.81. The Morgan fingerprint density at radius 3 is 2.62 bits per heavy atom. The van der Waals surface area contributed by atoms with Crippen LogP contribution >= 0.6 is 0 Å². The standard InChI is InChI=1S/C14H12N2/c1-11-6-2-3-7-12(11)13-10-15-16-9-5-4-8-14(13)16/h2-10H,1H3. The summed E-state index contributed by atoms with van der Waals surface area (Å²) in [4.78, 5) is 0. The number of nitrogens with zero attached hydrogens (tertiary/aromatic N) is 2. The van der Waals surface area contributed by atoms with Crippen molar-refractivity contribution in [1.29, 1.82) is 0 Å². The van der Waals surface area contributed by atoms with Crippen LogP contribution in [-0.2, 0) is 0 Å². The summed E-state index contributed by atoms with van der Waals surface area (Å²) >= 11 is 0. The van der Waals surface area contributed by atoms with Crippen molar-refractivity contribution in [2.75, 3.05) is 0 Å². The summed E-state index contributed by atoms with van der Waals surface area (Å²) in [7, 11) is 0. The predicted octanol–water partition coefficient (Wildman–Crippen LogP) is 3.31. The number of hydrogen-bond donors (Lipinski definition) is 0.